The van der Waals surface area contributed by atoms with Gasteiger partial charge in [0, 0.05) is 0 Å². The van der Waals surface area contributed by atoms with Gasteiger partial charge in [0.1, 0.15) is 5.25 Å². The summed E-state index contributed by atoms with van der Waals surface area (Å²) in [5.74, 6) is -2.42. The molecule has 0 radical (unpaired) electrons. The third kappa shape index (κ3) is 5.52. The van der Waals surface area contributed by atoms with Crippen molar-refractivity contribution < 1.29 is 19.8 Å². The lowest BCUT2D eigenvalue weighted by Gasteiger charge is -2.20. The highest BCUT2D eigenvalue weighted by atomic mass is 32.2. The van der Waals surface area contributed by atoms with Crippen LogP contribution in [0, 0.1) is 5.41 Å². The zero-order valence-electron chi connectivity index (χ0n) is 7.86. The second-order valence-electron chi connectivity index (χ2n) is 3.91. The van der Waals surface area contributed by atoms with E-state index in [0.717, 1.165) is 11.8 Å². The van der Waals surface area contributed by atoms with E-state index < -0.39 is 17.2 Å². The van der Waals surface area contributed by atoms with Crippen LogP contribution in [0.5, 0.6) is 0 Å². The van der Waals surface area contributed by atoms with Crippen molar-refractivity contribution in [3.63, 3.8) is 0 Å². The van der Waals surface area contributed by atoms with Crippen LogP contribution in [0.2, 0.25) is 0 Å². The van der Waals surface area contributed by atoms with Crippen LogP contribution in [0.15, 0.2) is 0 Å². The van der Waals surface area contributed by atoms with Crippen LogP contribution in [0.1, 0.15) is 20.8 Å². The largest absolute Gasteiger partial charge is 0.548 e. The zero-order chi connectivity index (χ0) is 10.6. The van der Waals surface area contributed by atoms with Crippen LogP contribution in [-0.4, -0.2) is 28.0 Å². The summed E-state index contributed by atoms with van der Waals surface area (Å²) in [4.78, 5) is 20.8. The van der Waals surface area contributed by atoms with E-state index in [1.807, 2.05) is 20.8 Å². The summed E-state index contributed by atoms with van der Waals surface area (Å²) in [6.45, 7) is 5.73. The molecule has 0 aliphatic heterocycles. The first-order chi connectivity index (χ1) is 5.74. The van der Waals surface area contributed by atoms with Crippen molar-refractivity contribution in [3.8, 4) is 0 Å². The molecule has 0 aromatic carbocycles. The summed E-state index contributed by atoms with van der Waals surface area (Å²) in [6, 6.07) is 0. The zero-order valence-corrected chi connectivity index (χ0v) is 8.68. The molecule has 76 valence electrons. The van der Waals surface area contributed by atoms with E-state index in [-0.39, 0.29) is 5.41 Å². The number of carbonyl (C=O) groups is 2. The first kappa shape index (κ1) is 12.3. The molecule has 4 nitrogen and oxygen atoms in total. The van der Waals surface area contributed by atoms with E-state index >= 15 is 0 Å². The fourth-order valence-corrected chi connectivity index (χ4v) is 1.52. The van der Waals surface area contributed by atoms with Crippen LogP contribution in [0.25, 0.3) is 0 Å². The molecule has 1 atom stereocenters. The Labute approximate surface area is 81.3 Å². The number of aliphatic carboxylic acids is 2. The van der Waals surface area contributed by atoms with Crippen LogP contribution in [-0.2, 0) is 9.59 Å². The van der Waals surface area contributed by atoms with Gasteiger partial charge in [0.25, 0.3) is 0 Å². The van der Waals surface area contributed by atoms with E-state index in [9.17, 15) is 14.7 Å². The van der Waals surface area contributed by atoms with Crippen LogP contribution in [0.4, 0.5) is 0 Å². The standard InChI is InChI=1S/C8H14O4S/c1-8(2,3)4-13-5(6(9)10)7(11)12/h5H,4H2,1-3H3,(H,9,10)(H,11,12)/p-1. The number of carbonyl (C=O) groups excluding carboxylic acids is 1. The van der Waals surface area contributed by atoms with Gasteiger partial charge in [0.2, 0.25) is 0 Å². The summed E-state index contributed by atoms with van der Waals surface area (Å²) >= 11 is 0.883. The quantitative estimate of drug-likeness (QED) is 0.652. The SMILES string of the molecule is CC(C)(C)CSC(C(=O)[O-])C(=O)O. The van der Waals surface area contributed by atoms with Crippen LogP contribution in [0.3, 0.4) is 0 Å². The molecule has 1 unspecified atom stereocenters. The highest BCUT2D eigenvalue weighted by molar-refractivity contribution is 8.01. The Morgan fingerprint density at radius 2 is 1.92 bits per heavy atom. The molecule has 0 fully saturated rings. The van der Waals surface area contributed by atoms with Crippen molar-refractivity contribution in [1.29, 1.82) is 0 Å². The van der Waals surface area contributed by atoms with Gasteiger partial charge < -0.3 is 15.0 Å². The normalized spacial score (nSPS) is 13.8. The maximum atomic E-state index is 10.4. The summed E-state index contributed by atoms with van der Waals surface area (Å²) in [5, 5.41) is 17.4. The first-order valence-corrected chi connectivity index (χ1v) is 4.84. The molecule has 5 heteroatoms. The summed E-state index contributed by atoms with van der Waals surface area (Å²) in [6.07, 6.45) is 0. The molecule has 0 aliphatic rings. The molecule has 1 N–H and O–H groups in total. The van der Waals surface area contributed by atoms with Gasteiger partial charge in [-0.15, -0.1) is 11.8 Å². The number of hydrogen-bond acceptors (Lipinski definition) is 4. The number of hydrogen-bond donors (Lipinski definition) is 1. The van der Waals surface area contributed by atoms with E-state index in [1.165, 1.54) is 0 Å². The molecule has 0 saturated heterocycles. The predicted octanol–water partition coefficient (Wildman–Crippen LogP) is -0.0312. The van der Waals surface area contributed by atoms with Gasteiger partial charge in [-0.1, -0.05) is 20.8 Å². The Morgan fingerprint density at radius 3 is 2.15 bits per heavy atom. The fraction of sp³-hybridized carbons (Fsp3) is 0.750. The molecular formula is C8H13O4S-. The van der Waals surface area contributed by atoms with Gasteiger partial charge in [-0.2, -0.15) is 0 Å². The van der Waals surface area contributed by atoms with Crippen LogP contribution < -0.4 is 5.11 Å². The average molecular weight is 205 g/mol. The highest BCUT2D eigenvalue weighted by Gasteiger charge is 2.22. The van der Waals surface area contributed by atoms with Gasteiger partial charge in [-0.25, -0.2) is 0 Å². The predicted molar refractivity (Wildman–Crippen MR) is 48.3 cm³/mol. The average Bonchev–Trinajstić information content (AvgIpc) is 1.82. The minimum atomic E-state index is -1.54. The summed E-state index contributed by atoms with van der Waals surface area (Å²) < 4.78 is 0. The van der Waals surface area contributed by atoms with Gasteiger partial charge in [-0.05, 0) is 11.2 Å². The van der Waals surface area contributed by atoms with Gasteiger partial charge in [0.15, 0.2) is 0 Å². The number of rotatable bonds is 4. The van der Waals surface area contributed by atoms with Crippen molar-refractivity contribution in [2.75, 3.05) is 5.75 Å². The Hall–Kier alpha value is -0.710. The summed E-state index contributed by atoms with van der Waals surface area (Å²) in [5.41, 5.74) is -0.0895. The van der Waals surface area contributed by atoms with E-state index in [4.69, 9.17) is 5.11 Å². The van der Waals surface area contributed by atoms with Gasteiger partial charge in [0.05, 0.1) is 5.97 Å². The Balaban J connectivity index is 4.14. The van der Waals surface area contributed by atoms with Crippen molar-refractivity contribution >= 4 is 23.7 Å². The molecule has 0 saturated carbocycles. The maximum Gasteiger partial charge on any atom is 0.322 e. The topological polar surface area (TPSA) is 77.4 Å². The molecule has 13 heavy (non-hydrogen) atoms. The molecule has 0 spiro atoms. The van der Waals surface area contributed by atoms with Crippen LogP contribution >= 0.6 is 11.8 Å². The molecular weight excluding hydrogens is 192 g/mol. The van der Waals surface area contributed by atoms with Gasteiger partial charge in [-0.3, -0.25) is 4.79 Å². The van der Waals surface area contributed by atoms with Crippen molar-refractivity contribution in [2.24, 2.45) is 5.41 Å². The Kier molecular flexibility index (Phi) is 4.26. The Morgan fingerprint density at radius 1 is 1.46 bits per heavy atom. The third-order valence-corrected chi connectivity index (χ3v) is 2.88. The van der Waals surface area contributed by atoms with Crippen molar-refractivity contribution in [3.05, 3.63) is 0 Å². The van der Waals surface area contributed by atoms with Gasteiger partial charge >= 0.3 is 5.97 Å². The number of carboxylic acid groups (broad SMARTS) is 2. The van der Waals surface area contributed by atoms with Crippen molar-refractivity contribution in [1.82, 2.24) is 0 Å². The number of thioether (sulfide) groups is 1. The first-order valence-electron chi connectivity index (χ1n) is 3.79. The van der Waals surface area contributed by atoms with E-state index in [0.29, 0.717) is 5.75 Å². The smallest absolute Gasteiger partial charge is 0.322 e. The number of carboxylic acids is 2. The monoisotopic (exact) mass is 205 g/mol. The summed E-state index contributed by atoms with van der Waals surface area (Å²) in [7, 11) is 0. The minimum Gasteiger partial charge on any atom is -0.548 e. The molecule has 0 aliphatic carbocycles. The molecule has 0 heterocycles. The highest BCUT2D eigenvalue weighted by Crippen LogP contribution is 2.23. The lowest BCUT2D eigenvalue weighted by atomic mass is 10.0. The lowest BCUT2D eigenvalue weighted by molar-refractivity contribution is -0.304. The molecule has 0 aromatic rings. The second kappa shape index (κ2) is 4.50. The molecule has 0 bridgehead atoms. The Bertz CT molecular complexity index is 193. The fourth-order valence-electron chi connectivity index (χ4n) is 0.573. The van der Waals surface area contributed by atoms with E-state index in [2.05, 4.69) is 0 Å². The lowest BCUT2D eigenvalue weighted by Crippen LogP contribution is -2.39. The molecule has 0 amide bonds. The van der Waals surface area contributed by atoms with Crippen molar-refractivity contribution in [2.45, 2.75) is 26.0 Å². The molecule has 0 rings (SSSR count). The maximum absolute atomic E-state index is 10.4. The molecule has 0 aromatic heterocycles. The third-order valence-electron chi connectivity index (χ3n) is 1.12. The van der Waals surface area contributed by atoms with E-state index in [1.54, 1.807) is 0 Å². The second-order valence-corrected chi connectivity index (χ2v) is 5.00. The minimum absolute atomic E-state index is 0.0895.